The van der Waals surface area contributed by atoms with Crippen molar-refractivity contribution in [3.8, 4) is 0 Å². The van der Waals surface area contributed by atoms with Crippen LogP contribution in [0.15, 0.2) is 36.5 Å². The Bertz CT molecular complexity index is 706. The van der Waals surface area contributed by atoms with E-state index in [0.717, 1.165) is 0 Å². The third-order valence-corrected chi connectivity index (χ3v) is 2.95. The van der Waals surface area contributed by atoms with Gasteiger partial charge in [-0.1, -0.05) is 23.7 Å². The molecule has 1 aromatic heterocycles. The van der Waals surface area contributed by atoms with Crippen molar-refractivity contribution in [3.05, 3.63) is 62.9 Å². The smallest absolute Gasteiger partial charge is 0.319 e. The third kappa shape index (κ3) is 3.33. The van der Waals surface area contributed by atoms with E-state index < -0.39 is 16.5 Å². The van der Waals surface area contributed by atoms with Gasteiger partial charge in [-0.25, -0.2) is 4.98 Å². The molecular weight excluding hydrogens is 298 g/mol. The van der Waals surface area contributed by atoms with Crippen molar-refractivity contribution in [3.63, 3.8) is 0 Å². The van der Waals surface area contributed by atoms with Crippen molar-refractivity contribution in [1.29, 1.82) is 0 Å². The van der Waals surface area contributed by atoms with Crippen LogP contribution >= 0.6 is 11.6 Å². The minimum atomic E-state index is -0.756. The van der Waals surface area contributed by atoms with E-state index in [-0.39, 0.29) is 17.3 Å². The highest BCUT2D eigenvalue weighted by Gasteiger charge is 2.24. The number of carbonyl (C=O) groups excluding carboxylic acids is 1. The molecule has 0 aliphatic heterocycles. The summed E-state index contributed by atoms with van der Waals surface area (Å²) >= 11 is 5.65. The van der Waals surface area contributed by atoms with Gasteiger partial charge in [0.2, 0.25) is 5.15 Å². The molecule has 2 aromatic rings. The van der Waals surface area contributed by atoms with E-state index >= 15 is 0 Å². The van der Waals surface area contributed by atoms with Crippen LogP contribution in [0, 0.1) is 10.1 Å². The molecule has 108 valence electrons. The summed E-state index contributed by atoms with van der Waals surface area (Å²) in [4.78, 5) is 25.9. The van der Waals surface area contributed by atoms with Gasteiger partial charge in [0.05, 0.1) is 11.5 Å². The monoisotopic (exact) mass is 307 g/mol. The van der Waals surface area contributed by atoms with Gasteiger partial charge in [0.25, 0.3) is 5.91 Å². The van der Waals surface area contributed by atoms with Crippen molar-refractivity contribution in [1.82, 2.24) is 4.98 Å². The number of amides is 1. The van der Waals surface area contributed by atoms with Gasteiger partial charge in [-0.05, 0) is 23.8 Å². The number of hydrogen-bond donors (Lipinski definition) is 2. The lowest BCUT2D eigenvalue weighted by Gasteiger charge is -2.07. The average Bonchev–Trinajstić information content (AvgIpc) is 2.46. The summed E-state index contributed by atoms with van der Waals surface area (Å²) < 4.78 is 0. The lowest BCUT2D eigenvalue weighted by Crippen LogP contribution is -2.14. The molecule has 0 saturated carbocycles. The van der Waals surface area contributed by atoms with E-state index in [4.69, 9.17) is 16.7 Å². The van der Waals surface area contributed by atoms with E-state index in [1.165, 1.54) is 12.3 Å². The number of hydrogen-bond acceptors (Lipinski definition) is 5. The van der Waals surface area contributed by atoms with Crippen molar-refractivity contribution in [2.45, 2.75) is 6.61 Å². The molecule has 0 aliphatic rings. The molecule has 1 aromatic carbocycles. The van der Waals surface area contributed by atoms with E-state index in [2.05, 4.69) is 10.3 Å². The number of benzene rings is 1. The summed E-state index contributed by atoms with van der Waals surface area (Å²) in [5.41, 5.74) is 0.285. The summed E-state index contributed by atoms with van der Waals surface area (Å²) in [7, 11) is 0. The summed E-state index contributed by atoms with van der Waals surface area (Å²) in [6, 6.07) is 7.71. The third-order valence-electron chi connectivity index (χ3n) is 2.67. The zero-order chi connectivity index (χ0) is 15.4. The van der Waals surface area contributed by atoms with Crippen LogP contribution in [0.4, 0.5) is 11.4 Å². The maximum Gasteiger partial charge on any atom is 0.319 e. The molecular formula is C13H10ClN3O4. The van der Waals surface area contributed by atoms with Gasteiger partial charge in [-0.2, -0.15) is 0 Å². The Labute approximate surface area is 124 Å². The molecule has 0 spiro atoms. The van der Waals surface area contributed by atoms with Gasteiger partial charge in [0, 0.05) is 11.9 Å². The number of nitrogens with zero attached hydrogens (tertiary/aromatic N) is 2. The van der Waals surface area contributed by atoms with Gasteiger partial charge in [-0.3, -0.25) is 14.9 Å². The fourth-order valence-electron chi connectivity index (χ4n) is 1.73. The van der Waals surface area contributed by atoms with Gasteiger partial charge in [0.15, 0.2) is 0 Å². The molecule has 1 amide bonds. The number of nitro groups is 1. The predicted molar refractivity (Wildman–Crippen MR) is 76.2 cm³/mol. The van der Waals surface area contributed by atoms with Gasteiger partial charge >= 0.3 is 5.69 Å². The molecule has 1 heterocycles. The molecule has 0 radical (unpaired) electrons. The first-order valence-electron chi connectivity index (χ1n) is 5.83. The molecule has 2 N–H and O–H groups in total. The number of pyridine rings is 1. The zero-order valence-electron chi connectivity index (χ0n) is 10.6. The fourth-order valence-corrected chi connectivity index (χ4v) is 1.96. The fraction of sp³-hybridized carbons (Fsp3) is 0.0769. The van der Waals surface area contributed by atoms with Crippen LogP contribution in [-0.2, 0) is 6.61 Å². The highest BCUT2D eigenvalue weighted by atomic mass is 35.5. The summed E-state index contributed by atoms with van der Waals surface area (Å²) in [5, 5.41) is 22.2. The van der Waals surface area contributed by atoms with E-state index in [1.807, 2.05) is 0 Å². The molecule has 8 heteroatoms. The Morgan fingerprint density at radius 1 is 1.43 bits per heavy atom. The average molecular weight is 308 g/mol. The zero-order valence-corrected chi connectivity index (χ0v) is 11.4. The van der Waals surface area contributed by atoms with E-state index in [9.17, 15) is 14.9 Å². The second-order valence-corrected chi connectivity index (χ2v) is 4.43. The second-order valence-electron chi connectivity index (χ2n) is 4.07. The Hall–Kier alpha value is -2.51. The summed E-state index contributed by atoms with van der Waals surface area (Å²) in [6.45, 7) is -0.176. The Morgan fingerprint density at radius 3 is 2.86 bits per heavy atom. The molecule has 7 nitrogen and oxygen atoms in total. The number of anilines is 1. The number of halogens is 1. The summed E-state index contributed by atoms with van der Waals surface area (Å²) in [5.74, 6) is -0.680. The van der Waals surface area contributed by atoms with Crippen LogP contribution in [0.5, 0.6) is 0 Å². The number of nitrogens with one attached hydrogen (secondary N) is 1. The maximum atomic E-state index is 12.1. The minimum absolute atomic E-state index is 0.176. The molecule has 2 rings (SSSR count). The van der Waals surface area contributed by atoms with Crippen molar-refractivity contribution in [2.75, 3.05) is 5.32 Å². The van der Waals surface area contributed by atoms with Crippen molar-refractivity contribution < 1.29 is 14.8 Å². The second kappa shape index (κ2) is 6.29. The number of carbonyl (C=O) groups is 1. The topological polar surface area (TPSA) is 105 Å². The number of aliphatic hydroxyl groups is 1. The van der Waals surface area contributed by atoms with Gasteiger partial charge in [-0.15, -0.1) is 0 Å². The molecule has 0 unspecified atom stereocenters. The maximum absolute atomic E-state index is 12.1. The highest BCUT2D eigenvalue weighted by Crippen LogP contribution is 2.26. The Balaban J connectivity index is 2.32. The van der Waals surface area contributed by atoms with Crippen molar-refractivity contribution in [2.24, 2.45) is 0 Å². The van der Waals surface area contributed by atoms with E-state index in [0.29, 0.717) is 11.3 Å². The molecule has 0 aliphatic carbocycles. The van der Waals surface area contributed by atoms with Crippen LogP contribution in [0.1, 0.15) is 15.9 Å². The van der Waals surface area contributed by atoms with Crippen LogP contribution in [0.3, 0.4) is 0 Å². The molecule has 0 bridgehead atoms. The predicted octanol–water partition coefficient (Wildman–Crippen LogP) is 2.39. The first-order chi connectivity index (χ1) is 10.0. The van der Waals surface area contributed by atoms with E-state index in [1.54, 1.807) is 24.3 Å². The summed E-state index contributed by atoms with van der Waals surface area (Å²) in [6.07, 6.45) is 1.22. The Kier molecular flexibility index (Phi) is 4.46. The molecule has 0 atom stereocenters. The standard InChI is InChI=1S/C13H10ClN3O4/c14-12-11(17(20)21)10(4-5-15-12)13(19)16-9-3-1-2-8(6-9)7-18/h1-6,18H,7H2,(H,16,19). The van der Waals surface area contributed by atoms with Gasteiger partial charge in [0.1, 0.15) is 5.56 Å². The quantitative estimate of drug-likeness (QED) is 0.512. The van der Waals surface area contributed by atoms with Crippen LogP contribution < -0.4 is 5.32 Å². The SMILES string of the molecule is O=C(Nc1cccc(CO)c1)c1ccnc(Cl)c1[N+](=O)[O-]. The number of aliphatic hydroxyl groups excluding tert-OH is 1. The largest absolute Gasteiger partial charge is 0.392 e. The molecule has 21 heavy (non-hydrogen) atoms. The number of aromatic nitrogens is 1. The lowest BCUT2D eigenvalue weighted by molar-refractivity contribution is -0.385. The van der Waals surface area contributed by atoms with Crippen molar-refractivity contribution >= 4 is 28.9 Å². The van der Waals surface area contributed by atoms with Crippen LogP contribution in [0.25, 0.3) is 0 Å². The highest BCUT2D eigenvalue weighted by molar-refractivity contribution is 6.32. The normalized spacial score (nSPS) is 10.2. The lowest BCUT2D eigenvalue weighted by atomic mass is 10.2. The molecule has 0 saturated heterocycles. The van der Waals surface area contributed by atoms with Crippen LogP contribution in [0.2, 0.25) is 5.15 Å². The first-order valence-corrected chi connectivity index (χ1v) is 6.20. The Morgan fingerprint density at radius 2 is 2.19 bits per heavy atom. The van der Waals surface area contributed by atoms with Gasteiger partial charge < -0.3 is 10.4 Å². The van der Waals surface area contributed by atoms with Crippen LogP contribution in [-0.4, -0.2) is 20.9 Å². The minimum Gasteiger partial charge on any atom is -0.392 e. The molecule has 0 fully saturated rings. The first kappa shape index (κ1) is 14.9. The number of rotatable bonds is 4.